The fourth-order valence-corrected chi connectivity index (χ4v) is 0.721. The molecule has 1 fully saturated rings. The largest absolute Gasteiger partial charge is 0.307 e. The van der Waals surface area contributed by atoms with Gasteiger partial charge in [0.15, 0.2) is 0 Å². The van der Waals surface area contributed by atoms with Crippen LogP contribution in [0.2, 0.25) is 0 Å². The molecule has 1 aliphatic heterocycles. The van der Waals surface area contributed by atoms with E-state index in [0.29, 0.717) is 6.54 Å². The van der Waals surface area contributed by atoms with Gasteiger partial charge in [-0.2, -0.15) is 0 Å². The molecule has 0 aromatic carbocycles. The maximum atomic E-state index is 10.9. The Kier molecular flexibility index (Phi) is 3.70. The Balaban J connectivity index is 0.000000461. The Morgan fingerprint density at radius 2 is 2.18 bits per heavy atom. The van der Waals surface area contributed by atoms with E-state index in [-0.39, 0.29) is 5.91 Å². The normalized spacial score (nSPS) is 28.7. The van der Waals surface area contributed by atoms with Gasteiger partial charge in [-0.1, -0.05) is 0 Å². The molecule has 1 heterocycles. The van der Waals surface area contributed by atoms with Crippen molar-refractivity contribution in [3.8, 4) is 0 Å². The minimum Gasteiger partial charge on any atom is -0.307 e. The highest BCUT2D eigenvalue weighted by molar-refractivity contribution is 5.87. The van der Waals surface area contributed by atoms with E-state index in [2.05, 4.69) is 16.2 Å². The highest BCUT2D eigenvalue weighted by Gasteiger charge is 2.35. The summed E-state index contributed by atoms with van der Waals surface area (Å²) in [6, 6.07) is 0. The van der Waals surface area contributed by atoms with Gasteiger partial charge in [-0.25, -0.2) is 5.43 Å². The van der Waals surface area contributed by atoms with Crippen molar-refractivity contribution in [2.45, 2.75) is 12.5 Å². The van der Waals surface area contributed by atoms with Crippen LogP contribution >= 0.6 is 0 Å². The van der Waals surface area contributed by atoms with E-state index in [1.54, 1.807) is 7.05 Å². The first kappa shape index (κ1) is 10.1. The Bertz CT molecular complexity index is 151. The minimum atomic E-state index is -0.417. The summed E-state index contributed by atoms with van der Waals surface area (Å²) in [5.74, 6) is 0.00463. The average Bonchev–Trinajstić information content (AvgIpc) is 2.38. The van der Waals surface area contributed by atoms with Crippen LogP contribution in [0.3, 0.4) is 0 Å². The van der Waals surface area contributed by atoms with Crippen molar-refractivity contribution >= 4 is 12.7 Å². The topological polar surface area (TPSA) is 70.2 Å². The average molecular weight is 159 g/mol. The molecule has 1 saturated heterocycles. The molecule has 1 rings (SSSR count). The van der Waals surface area contributed by atoms with Crippen LogP contribution in [0.25, 0.3) is 0 Å². The van der Waals surface area contributed by atoms with Gasteiger partial charge in [-0.3, -0.25) is 10.2 Å². The second kappa shape index (κ2) is 4.05. The number of carbonyl (C=O) groups is 2. The predicted octanol–water partition coefficient (Wildman–Crippen LogP) is -1.59. The van der Waals surface area contributed by atoms with Crippen LogP contribution in [0, 0.1) is 0 Å². The Labute approximate surface area is 65.5 Å². The van der Waals surface area contributed by atoms with Gasteiger partial charge in [0, 0.05) is 6.54 Å². The van der Waals surface area contributed by atoms with E-state index in [4.69, 9.17) is 4.79 Å². The van der Waals surface area contributed by atoms with Crippen molar-refractivity contribution in [3.63, 3.8) is 0 Å². The lowest BCUT2D eigenvalue weighted by molar-refractivity contribution is -0.124. The predicted molar refractivity (Wildman–Crippen MR) is 40.7 cm³/mol. The molecule has 1 aliphatic rings. The molecule has 0 aliphatic carbocycles. The zero-order chi connectivity index (χ0) is 8.91. The highest BCUT2D eigenvalue weighted by Crippen LogP contribution is 2.03. The van der Waals surface area contributed by atoms with Crippen LogP contribution in [0.1, 0.15) is 6.92 Å². The van der Waals surface area contributed by atoms with Gasteiger partial charge < -0.3 is 10.1 Å². The molecule has 5 heteroatoms. The number of carbonyl (C=O) groups excluding carboxylic acids is 2. The van der Waals surface area contributed by atoms with E-state index in [9.17, 15) is 4.79 Å². The first-order valence-electron chi connectivity index (χ1n) is 3.20. The number of hydrogen-bond acceptors (Lipinski definition) is 4. The fourth-order valence-electron chi connectivity index (χ4n) is 0.721. The molecule has 0 saturated carbocycles. The molecule has 0 aromatic rings. The smallest absolute Gasteiger partial charge is 0.255 e. The molecule has 1 atom stereocenters. The standard InChI is InChI=1S/C5H11N3O.CH2O/c1-5(6-2)3-7-8-4(5)9;1-2/h6-7H,3H2,1-2H3,(H,8,9);1H2. The maximum absolute atomic E-state index is 10.9. The Hall–Kier alpha value is -0.940. The molecule has 0 spiro atoms. The summed E-state index contributed by atoms with van der Waals surface area (Å²) in [5, 5.41) is 2.92. The van der Waals surface area contributed by atoms with Crippen LogP contribution in [0.15, 0.2) is 0 Å². The quantitative estimate of drug-likeness (QED) is 0.431. The number of rotatable bonds is 1. The van der Waals surface area contributed by atoms with Gasteiger partial charge in [-0.05, 0) is 14.0 Å². The van der Waals surface area contributed by atoms with Crippen LogP contribution in [0.5, 0.6) is 0 Å². The molecular weight excluding hydrogens is 146 g/mol. The van der Waals surface area contributed by atoms with Crippen LogP contribution in [0.4, 0.5) is 0 Å². The third-order valence-electron chi connectivity index (χ3n) is 1.70. The molecule has 1 unspecified atom stereocenters. The molecule has 64 valence electrons. The van der Waals surface area contributed by atoms with Crippen molar-refractivity contribution in [3.05, 3.63) is 0 Å². The van der Waals surface area contributed by atoms with Crippen molar-refractivity contribution in [1.82, 2.24) is 16.2 Å². The van der Waals surface area contributed by atoms with Crippen LogP contribution in [-0.2, 0) is 9.59 Å². The zero-order valence-electron chi connectivity index (χ0n) is 6.73. The first-order valence-corrected chi connectivity index (χ1v) is 3.20. The number of hydrazine groups is 1. The minimum absolute atomic E-state index is 0.00463. The molecule has 1 amide bonds. The van der Waals surface area contributed by atoms with Crippen molar-refractivity contribution < 1.29 is 9.59 Å². The zero-order valence-corrected chi connectivity index (χ0v) is 6.73. The monoisotopic (exact) mass is 159 g/mol. The second-order valence-electron chi connectivity index (χ2n) is 2.39. The lowest BCUT2D eigenvalue weighted by Gasteiger charge is -2.16. The van der Waals surface area contributed by atoms with Gasteiger partial charge in [0.05, 0.1) is 0 Å². The lowest BCUT2D eigenvalue weighted by atomic mass is 10.0. The van der Waals surface area contributed by atoms with E-state index in [0.717, 1.165) is 0 Å². The van der Waals surface area contributed by atoms with E-state index in [1.165, 1.54) is 0 Å². The van der Waals surface area contributed by atoms with E-state index < -0.39 is 5.54 Å². The molecule has 0 aromatic heterocycles. The van der Waals surface area contributed by atoms with Gasteiger partial charge in [-0.15, -0.1) is 0 Å². The van der Waals surface area contributed by atoms with Crippen LogP contribution < -0.4 is 16.2 Å². The van der Waals surface area contributed by atoms with Crippen molar-refractivity contribution in [2.24, 2.45) is 0 Å². The van der Waals surface area contributed by atoms with Gasteiger partial charge >= 0.3 is 0 Å². The van der Waals surface area contributed by atoms with Crippen LogP contribution in [-0.4, -0.2) is 31.8 Å². The number of hydrogen-bond donors (Lipinski definition) is 3. The lowest BCUT2D eigenvalue weighted by Crippen LogP contribution is -2.48. The second-order valence-corrected chi connectivity index (χ2v) is 2.39. The fraction of sp³-hybridized carbons (Fsp3) is 0.667. The van der Waals surface area contributed by atoms with Gasteiger partial charge in [0.2, 0.25) is 0 Å². The Morgan fingerprint density at radius 3 is 2.36 bits per heavy atom. The molecule has 3 N–H and O–H groups in total. The number of amides is 1. The molecule has 0 radical (unpaired) electrons. The molecule has 0 bridgehead atoms. The molecule has 11 heavy (non-hydrogen) atoms. The van der Waals surface area contributed by atoms with Gasteiger partial charge in [0.1, 0.15) is 12.3 Å². The van der Waals surface area contributed by atoms with Crippen molar-refractivity contribution in [2.75, 3.05) is 13.6 Å². The summed E-state index contributed by atoms with van der Waals surface area (Å²) in [5.41, 5.74) is 4.84. The van der Waals surface area contributed by atoms with Gasteiger partial charge in [0.25, 0.3) is 5.91 Å². The number of nitrogens with one attached hydrogen (secondary N) is 3. The third kappa shape index (κ3) is 1.99. The number of likely N-dealkylation sites (N-methyl/N-ethyl adjacent to an activating group) is 1. The third-order valence-corrected chi connectivity index (χ3v) is 1.70. The van der Waals surface area contributed by atoms with Crippen molar-refractivity contribution in [1.29, 1.82) is 0 Å². The Morgan fingerprint density at radius 1 is 1.64 bits per heavy atom. The SMILES string of the molecule is C=O.CNC1(C)CNNC1=O. The summed E-state index contributed by atoms with van der Waals surface area (Å²) in [7, 11) is 1.77. The summed E-state index contributed by atoms with van der Waals surface area (Å²) >= 11 is 0. The molecule has 5 nitrogen and oxygen atoms in total. The maximum Gasteiger partial charge on any atom is 0.255 e. The summed E-state index contributed by atoms with van der Waals surface area (Å²) in [6.45, 7) is 4.49. The van der Waals surface area contributed by atoms with E-state index in [1.807, 2.05) is 13.7 Å². The highest BCUT2D eigenvalue weighted by atomic mass is 16.2. The summed E-state index contributed by atoms with van der Waals surface area (Å²) in [4.78, 5) is 18.9. The molecular formula is C6H13N3O2. The van der Waals surface area contributed by atoms with E-state index >= 15 is 0 Å². The summed E-state index contributed by atoms with van der Waals surface area (Å²) < 4.78 is 0. The first-order chi connectivity index (χ1) is 5.19. The summed E-state index contributed by atoms with van der Waals surface area (Å²) in [6.07, 6.45) is 0.